The summed E-state index contributed by atoms with van der Waals surface area (Å²) in [4.78, 5) is 15.8. The first kappa shape index (κ1) is 19.7. The van der Waals surface area contributed by atoms with Crippen LogP contribution in [-0.4, -0.2) is 17.9 Å². The van der Waals surface area contributed by atoms with Gasteiger partial charge in [0.2, 0.25) is 0 Å². The molecule has 3 aromatic carbocycles. The zero-order chi connectivity index (χ0) is 22.3. The van der Waals surface area contributed by atoms with Crippen molar-refractivity contribution < 1.29 is 9.18 Å². The highest BCUT2D eigenvalue weighted by molar-refractivity contribution is 6.04. The standard InChI is InChI=1S/C27H18FN3O/c28-21-11-6-10-20(15-21)24-25(26(32)19-8-2-1-3-9-19)31-22-12-5-4-7-18(22)13-14-23(31)27(24,16-29)17-30/h1-15,23-25H/t23-,24-,25+/m1/s1. The number of para-hydroxylation sites is 1. The van der Waals surface area contributed by atoms with E-state index in [-0.39, 0.29) is 5.78 Å². The number of ketones is 1. The minimum absolute atomic E-state index is 0.206. The van der Waals surface area contributed by atoms with Gasteiger partial charge in [-0.05, 0) is 29.3 Å². The Bertz CT molecular complexity index is 1300. The number of rotatable bonds is 3. The molecule has 0 bridgehead atoms. The number of halogens is 1. The molecule has 0 aromatic heterocycles. The average molecular weight is 419 g/mol. The molecule has 0 radical (unpaired) electrons. The van der Waals surface area contributed by atoms with Gasteiger partial charge in [-0.1, -0.05) is 72.8 Å². The lowest BCUT2D eigenvalue weighted by atomic mass is 9.69. The Morgan fingerprint density at radius 2 is 1.66 bits per heavy atom. The minimum Gasteiger partial charge on any atom is -0.351 e. The number of hydrogen-bond donors (Lipinski definition) is 0. The summed E-state index contributed by atoms with van der Waals surface area (Å²) >= 11 is 0. The second kappa shape index (κ2) is 7.48. The lowest BCUT2D eigenvalue weighted by Gasteiger charge is -2.35. The lowest BCUT2D eigenvalue weighted by molar-refractivity contribution is 0.0951. The highest BCUT2D eigenvalue weighted by Gasteiger charge is 2.63. The molecule has 5 heteroatoms. The van der Waals surface area contributed by atoms with E-state index >= 15 is 0 Å². The van der Waals surface area contributed by atoms with E-state index in [1.807, 2.05) is 47.4 Å². The zero-order valence-electron chi connectivity index (χ0n) is 17.0. The number of carbonyl (C=O) groups is 1. The van der Waals surface area contributed by atoms with Crippen LogP contribution < -0.4 is 4.90 Å². The van der Waals surface area contributed by atoms with E-state index in [0.29, 0.717) is 11.1 Å². The number of nitrogens with zero attached hydrogens (tertiary/aromatic N) is 3. The number of anilines is 1. The topological polar surface area (TPSA) is 67.9 Å². The van der Waals surface area contributed by atoms with Gasteiger partial charge in [-0.3, -0.25) is 4.79 Å². The number of fused-ring (bicyclic) bond motifs is 3. The van der Waals surface area contributed by atoms with Crippen molar-refractivity contribution in [3.63, 3.8) is 0 Å². The Kier molecular flexibility index (Phi) is 4.61. The molecule has 2 heterocycles. The van der Waals surface area contributed by atoms with Gasteiger partial charge in [0.15, 0.2) is 11.2 Å². The fourth-order valence-corrected chi connectivity index (χ4v) is 5.08. The predicted octanol–water partition coefficient (Wildman–Crippen LogP) is 5.11. The van der Waals surface area contributed by atoms with Crippen molar-refractivity contribution in [3.05, 3.63) is 107 Å². The summed E-state index contributed by atoms with van der Waals surface area (Å²) in [6, 6.07) is 25.3. The van der Waals surface area contributed by atoms with E-state index in [1.54, 1.807) is 36.4 Å². The Morgan fingerprint density at radius 3 is 2.38 bits per heavy atom. The molecular weight excluding hydrogens is 401 g/mol. The maximum Gasteiger partial charge on any atom is 0.185 e. The molecule has 1 fully saturated rings. The van der Waals surface area contributed by atoms with E-state index in [4.69, 9.17) is 0 Å². The highest BCUT2D eigenvalue weighted by atomic mass is 19.1. The molecule has 0 amide bonds. The molecule has 5 rings (SSSR count). The number of carbonyl (C=O) groups excluding carboxylic acids is 1. The van der Waals surface area contributed by atoms with E-state index in [2.05, 4.69) is 12.1 Å². The van der Waals surface area contributed by atoms with Gasteiger partial charge in [0.1, 0.15) is 11.9 Å². The van der Waals surface area contributed by atoms with Crippen molar-refractivity contribution in [1.82, 2.24) is 0 Å². The van der Waals surface area contributed by atoms with E-state index in [9.17, 15) is 19.7 Å². The summed E-state index contributed by atoms with van der Waals surface area (Å²) in [5, 5.41) is 20.7. The van der Waals surface area contributed by atoms with Gasteiger partial charge in [0.05, 0.1) is 18.2 Å². The molecule has 4 nitrogen and oxygen atoms in total. The summed E-state index contributed by atoms with van der Waals surface area (Å²) in [6.45, 7) is 0. The van der Waals surface area contributed by atoms with Crippen molar-refractivity contribution in [2.45, 2.75) is 18.0 Å². The van der Waals surface area contributed by atoms with Crippen LogP contribution in [0.5, 0.6) is 0 Å². The first-order valence-electron chi connectivity index (χ1n) is 10.3. The number of benzene rings is 3. The summed E-state index contributed by atoms with van der Waals surface area (Å²) in [7, 11) is 0. The number of hydrogen-bond acceptors (Lipinski definition) is 4. The molecule has 0 N–H and O–H groups in total. The number of Topliss-reactive ketones (excluding diaryl/α,β-unsaturated/α-hetero) is 1. The van der Waals surface area contributed by atoms with Crippen LogP contribution in [0.1, 0.15) is 27.4 Å². The Morgan fingerprint density at radius 1 is 0.938 bits per heavy atom. The molecule has 154 valence electrons. The summed E-state index contributed by atoms with van der Waals surface area (Å²) in [5.41, 5.74) is 1.05. The van der Waals surface area contributed by atoms with Gasteiger partial charge in [-0.2, -0.15) is 10.5 Å². The largest absolute Gasteiger partial charge is 0.351 e. The molecule has 0 unspecified atom stereocenters. The van der Waals surface area contributed by atoms with Crippen molar-refractivity contribution in [2.75, 3.05) is 4.90 Å². The third-order valence-electron chi connectivity index (χ3n) is 6.45. The van der Waals surface area contributed by atoms with Crippen LogP contribution in [0.25, 0.3) is 6.08 Å². The molecule has 32 heavy (non-hydrogen) atoms. The van der Waals surface area contributed by atoms with Crippen LogP contribution in [0.3, 0.4) is 0 Å². The monoisotopic (exact) mass is 419 g/mol. The van der Waals surface area contributed by atoms with Crippen molar-refractivity contribution in [1.29, 1.82) is 10.5 Å². The van der Waals surface area contributed by atoms with E-state index < -0.39 is 29.2 Å². The fourth-order valence-electron chi connectivity index (χ4n) is 5.08. The molecule has 2 aliphatic rings. The Balaban J connectivity index is 1.80. The second-order valence-electron chi connectivity index (χ2n) is 8.07. The van der Waals surface area contributed by atoms with Gasteiger partial charge < -0.3 is 4.90 Å². The Labute approximate surface area is 185 Å². The normalized spacial score (nSPS) is 22.3. The minimum atomic E-state index is -1.58. The lowest BCUT2D eigenvalue weighted by Crippen LogP contribution is -2.44. The fraction of sp³-hybridized carbons (Fsp3) is 0.148. The van der Waals surface area contributed by atoms with Gasteiger partial charge >= 0.3 is 0 Å². The molecular formula is C27H18FN3O. The van der Waals surface area contributed by atoms with Gasteiger partial charge in [-0.15, -0.1) is 0 Å². The van der Waals surface area contributed by atoms with Crippen molar-refractivity contribution in [2.24, 2.45) is 5.41 Å². The van der Waals surface area contributed by atoms with Crippen LogP contribution in [0.2, 0.25) is 0 Å². The Hall–Kier alpha value is -4.22. The SMILES string of the molecule is N#CC1(C#N)[C@H](c2cccc(F)c2)[C@@H](C(=O)c2ccccc2)N2c3ccccc3C=C[C@@H]21. The first-order chi connectivity index (χ1) is 15.6. The predicted molar refractivity (Wildman–Crippen MR) is 119 cm³/mol. The quantitative estimate of drug-likeness (QED) is 0.553. The summed E-state index contributed by atoms with van der Waals surface area (Å²) in [6.07, 6.45) is 3.71. The molecule has 2 aliphatic heterocycles. The van der Waals surface area contributed by atoms with Crippen LogP contribution in [0.15, 0.2) is 84.9 Å². The molecule has 3 atom stereocenters. The third kappa shape index (κ3) is 2.76. The second-order valence-corrected chi connectivity index (χ2v) is 8.07. The van der Waals surface area contributed by atoms with Gasteiger partial charge in [0, 0.05) is 17.2 Å². The molecule has 3 aromatic rings. The van der Waals surface area contributed by atoms with Gasteiger partial charge in [-0.25, -0.2) is 4.39 Å². The van der Waals surface area contributed by atoms with E-state index in [0.717, 1.165) is 11.3 Å². The first-order valence-corrected chi connectivity index (χ1v) is 10.3. The van der Waals surface area contributed by atoms with Gasteiger partial charge in [0.25, 0.3) is 0 Å². The zero-order valence-corrected chi connectivity index (χ0v) is 17.0. The van der Waals surface area contributed by atoms with Crippen molar-refractivity contribution in [3.8, 4) is 12.1 Å². The third-order valence-corrected chi connectivity index (χ3v) is 6.45. The average Bonchev–Trinajstić information content (AvgIpc) is 3.15. The van der Waals surface area contributed by atoms with Crippen LogP contribution >= 0.6 is 0 Å². The van der Waals surface area contributed by atoms with Crippen LogP contribution in [0.4, 0.5) is 10.1 Å². The van der Waals surface area contributed by atoms with Crippen molar-refractivity contribution >= 4 is 17.5 Å². The van der Waals surface area contributed by atoms with E-state index in [1.165, 1.54) is 12.1 Å². The smallest absolute Gasteiger partial charge is 0.185 e. The summed E-state index contributed by atoms with van der Waals surface area (Å²) in [5.74, 6) is -1.52. The summed E-state index contributed by atoms with van der Waals surface area (Å²) < 4.78 is 14.3. The maximum absolute atomic E-state index is 14.3. The molecule has 0 aliphatic carbocycles. The molecule has 0 saturated carbocycles. The number of nitriles is 2. The molecule has 0 spiro atoms. The highest BCUT2D eigenvalue weighted by Crippen LogP contribution is 2.55. The van der Waals surface area contributed by atoms with Crippen LogP contribution in [0, 0.1) is 33.9 Å². The van der Waals surface area contributed by atoms with Crippen LogP contribution in [-0.2, 0) is 0 Å². The maximum atomic E-state index is 14.3. The molecule has 1 saturated heterocycles.